The quantitative estimate of drug-likeness (QED) is 0.453. The largest absolute Gasteiger partial charge is 0.494 e. The highest BCUT2D eigenvalue weighted by Gasteiger charge is 2.05. The lowest BCUT2D eigenvalue weighted by Gasteiger charge is -2.11. The maximum atomic E-state index is 14.5. The van der Waals surface area contributed by atoms with Gasteiger partial charge in [0.1, 0.15) is 17.3 Å². The van der Waals surface area contributed by atoms with Crippen molar-refractivity contribution in [2.45, 2.75) is 26.9 Å². The SMILES string of the molecule is CCOc1ccc(NCc2ccc(CNc3ccc(OCC)cc3)c(F)c2)cc1. The van der Waals surface area contributed by atoms with Gasteiger partial charge in [0, 0.05) is 30.0 Å². The molecule has 0 amide bonds. The van der Waals surface area contributed by atoms with Crippen LogP contribution in [-0.2, 0) is 13.1 Å². The van der Waals surface area contributed by atoms with E-state index in [1.54, 1.807) is 6.07 Å². The van der Waals surface area contributed by atoms with Crippen LogP contribution >= 0.6 is 0 Å². The fraction of sp³-hybridized carbons (Fsp3) is 0.250. The maximum Gasteiger partial charge on any atom is 0.128 e. The lowest BCUT2D eigenvalue weighted by molar-refractivity contribution is 0.340. The van der Waals surface area contributed by atoms with Crippen molar-refractivity contribution in [3.63, 3.8) is 0 Å². The third-order valence-electron chi connectivity index (χ3n) is 4.43. The third kappa shape index (κ3) is 6.14. The van der Waals surface area contributed by atoms with Crippen LogP contribution in [0.15, 0.2) is 66.7 Å². The van der Waals surface area contributed by atoms with Crippen molar-refractivity contribution < 1.29 is 13.9 Å². The van der Waals surface area contributed by atoms with Gasteiger partial charge in [-0.05, 0) is 74.0 Å². The number of hydrogen-bond donors (Lipinski definition) is 2. The average molecular weight is 394 g/mol. The summed E-state index contributed by atoms with van der Waals surface area (Å²) in [6.07, 6.45) is 0. The van der Waals surface area contributed by atoms with E-state index in [-0.39, 0.29) is 5.82 Å². The zero-order chi connectivity index (χ0) is 20.5. The molecule has 0 saturated carbocycles. The maximum absolute atomic E-state index is 14.5. The van der Waals surface area contributed by atoms with Crippen LogP contribution in [0.25, 0.3) is 0 Å². The Balaban J connectivity index is 1.52. The molecule has 0 spiro atoms. The highest BCUT2D eigenvalue weighted by molar-refractivity contribution is 5.48. The Kier molecular flexibility index (Phi) is 7.34. The first-order valence-corrected chi connectivity index (χ1v) is 9.88. The summed E-state index contributed by atoms with van der Waals surface area (Å²) in [5.74, 6) is 1.46. The molecular formula is C24H27FN2O2. The summed E-state index contributed by atoms with van der Waals surface area (Å²) >= 11 is 0. The molecule has 0 atom stereocenters. The predicted octanol–water partition coefficient (Wildman–Crippen LogP) is 5.85. The first-order chi connectivity index (χ1) is 14.2. The van der Waals surface area contributed by atoms with Gasteiger partial charge in [-0.15, -0.1) is 0 Å². The molecule has 29 heavy (non-hydrogen) atoms. The molecule has 3 aromatic rings. The minimum atomic E-state index is -0.213. The number of ether oxygens (including phenoxy) is 2. The van der Waals surface area contributed by atoms with E-state index in [2.05, 4.69) is 10.6 Å². The zero-order valence-electron chi connectivity index (χ0n) is 16.9. The van der Waals surface area contributed by atoms with E-state index in [0.29, 0.717) is 31.9 Å². The molecular weight excluding hydrogens is 367 g/mol. The molecule has 3 rings (SSSR count). The summed E-state index contributed by atoms with van der Waals surface area (Å²) in [4.78, 5) is 0. The Morgan fingerprint density at radius 3 is 1.69 bits per heavy atom. The molecule has 0 fully saturated rings. The van der Waals surface area contributed by atoms with Crippen LogP contribution in [0, 0.1) is 5.82 Å². The molecule has 0 radical (unpaired) electrons. The van der Waals surface area contributed by atoms with Crippen LogP contribution in [0.5, 0.6) is 11.5 Å². The topological polar surface area (TPSA) is 42.5 Å². The molecule has 4 nitrogen and oxygen atoms in total. The summed E-state index contributed by atoms with van der Waals surface area (Å²) < 4.78 is 25.3. The smallest absolute Gasteiger partial charge is 0.128 e. The summed E-state index contributed by atoms with van der Waals surface area (Å²) in [5, 5.41) is 6.54. The van der Waals surface area contributed by atoms with Crippen molar-refractivity contribution in [2.75, 3.05) is 23.8 Å². The van der Waals surface area contributed by atoms with E-state index < -0.39 is 0 Å². The molecule has 0 bridgehead atoms. The minimum absolute atomic E-state index is 0.213. The standard InChI is InChI=1S/C24H27FN2O2/c1-3-28-22-11-7-20(8-12-22)26-16-18-5-6-19(24(25)15-18)17-27-21-9-13-23(14-10-21)29-4-2/h5-15,26-27H,3-4,16-17H2,1-2H3. The Bertz CT molecular complexity index is 896. The second-order valence-corrected chi connectivity index (χ2v) is 6.55. The first-order valence-electron chi connectivity index (χ1n) is 9.88. The van der Waals surface area contributed by atoms with Crippen LogP contribution in [0.4, 0.5) is 15.8 Å². The van der Waals surface area contributed by atoms with Gasteiger partial charge in [-0.1, -0.05) is 12.1 Å². The van der Waals surface area contributed by atoms with Gasteiger partial charge < -0.3 is 20.1 Å². The highest BCUT2D eigenvalue weighted by Crippen LogP contribution is 2.19. The lowest BCUT2D eigenvalue weighted by atomic mass is 10.1. The van der Waals surface area contributed by atoms with E-state index >= 15 is 0 Å². The molecule has 0 heterocycles. The Morgan fingerprint density at radius 2 is 1.21 bits per heavy atom. The Hall–Kier alpha value is -3.21. The van der Waals surface area contributed by atoms with E-state index in [4.69, 9.17) is 9.47 Å². The molecule has 0 unspecified atom stereocenters. The predicted molar refractivity (Wildman–Crippen MR) is 116 cm³/mol. The van der Waals surface area contributed by atoms with Gasteiger partial charge in [0.2, 0.25) is 0 Å². The van der Waals surface area contributed by atoms with Crippen LogP contribution in [0.1, 0.15) is 25.0 Å². The van der Waals surface area contributed by atoms with Crippen LogP contribution in [0.3, 0.4) is 0 Å². The second-order valence-electron chi connectivity index (χ2n) is 6.55. The number of halogens is 1. The number of rotatable bonds is 10. The zero-order valence-corrected chi connectivity index (χ0v) is 16.9. The summed E-state index contributed by atoms with van der Waals surface area (Å²) in [7, 11) is 0. The molecule has 0 aromatic heterocycles. The van der Waals surface area contributed by atoms with E-state index in [0.717, 1.165) is 28.4 Å². The van der Waals surface area contributed by atoms with Crippen LogP contribution in [0.2, 0.25) is 0 Å². The number of benzene rings is 3. The van der Waals surface area contributed by atoms with Crippen molar-refractivity contribution in [2.24, 2.45) is 0 Å². The van der Waals surface area contributed by atoms with Crippen molar-refractivity contribution in [1.29, 1.82) is 0 Å². The monoisotopic (exact) mass is 394 g/mol. The summed E-state index contributed by atoms with van der Waals surface area (Å²) in [6, 6.07) is 20.8. The summed E-state index contributed by atoms with van der Waals surface area (Å²) in [5.41, 5.74) is 3.41. The van der Waals surface area contributed by atoms with Crippen LogP contribution in [-0.4, -0.2) is 13.2 Å². The van der Waals surface area contributed by atoms with Crippen molar-refractivity contribution in [1.82, 2.24) is 0 Å². The molecule has 0 aliphatic rings. The molecule has 0 saturated heterocycles. The lowest BCUT2D eigenvalue weighted by Crippen LogP contribution is -2.04. The van der Waals surface area contributed by atoms with E-state index in [9.17, 15) is 4.39 Å². The Labute approximate surface area is 171 Å². The first kappa shape index (κ1) is 20.5. The van der Waals surface area contributed by atoms with Gasteiger partial charge >= 0.3 is 0 Å². The van der Waals surface area contributed by atoms with Crippen molar-refractivity contribution in [3.8, 4) is 11.5 Å². The number of anilines is 2. The average Bonchev–Trinajstić information content (AvgIpc) is 2.74. The second kappa shape index (κ2) is 10.4. The third-order valence-corrected chi connectivity index (χ3v) is 4.43. The fourth-order valence-corrected chi connectivity index (χ4v) is 2.92. The van der Waals surface area contributed by atoms with Crippen LogP contribution < -0.4 is 20.1 Å². The Morgan fingerprint density at radius 1 is 0.690 bits per heavy atom. The summed E-state index contributed by atoms with van der Waals surface area (Å²) in [6.45, 7) is 6.16. The molecule has 0 aliphatic carbocycles. The van der Waals surface area contributed by atoms with Crippen molar-refractivity contribution in [3.05, 3.63) is 83.7 Å². The minimum Gasteiger partial charge on any atom is -0.494 e. The molecule has 0 aliphatic heterocycles. The molecule has 3 aromatic carbocycles. The molecule has 152 valence electrons. The van der Waals surface area contributed by atoms with E-state index in [1.165, 1.54) is 0 Å². The van der Waals surface area contributed by atoms with Gasteiger partial charge in [-0.2, -0.15) is 0 Å². The number of hydrogen-bond acceptors (Lipinski definition) is 4. The van der Waals surface area contributed by atoms with Gasteiger partial charge in [0.15, 0.2) is 0 Å². The van der Waals surface area contributed by atoms with Gasteiger partial charge in [-0.3, -0.25) is 0 Å². The van der Waals surface area contributed by atoms with Gasteiger partial charge in [0.05, 0.1) is 13.2 Å². The fourth-order valence-electron chi connectivity index (χ4n) is 2.92. The van der Waals surface area contributed by atoms with Gasteiger partial charge in [0.25, 0.3) is 0 Å². The highest BCUT2D eigenvalue weighted by atomic mass is 19.1. The normalized spacial score (nSPS) is 10.4. The van der Waals surface area contributed by atoms with Gasteiger partial charge in [-0.25, -0.2) is 4.39 Å². The number of nitrogens with one attached hydrogen (secondary N) is 2. The molecule has 5 heteroatoms. The molecule has 2 N–H and O–H groups in total. The van der Waals surface area contributed by atoms with Crippen molar-refractivity contribution >= 4 is 11.4 Å². The van der Waals surface area contributed by atoms with E-state index in [1.807, 2.05) is 74.5 Å².